The Morgan fingerprint density at radius 1 is 1.00 bits per heavy atom. The van der Waals surface area contributed by atoms with E-state index < -0.39 is 12.2 Å². The molecule has 140 valence electrons. The largest absolute Gasteiger partial charge is 0.497 e. The van der Waals surface area contributed by atoms with E-state index in [1.165, 1.54) is 4.90 Å². The Kier molecular flexibility index (Phi) is 4.88. The Morgan fingerprint density at radius 2 is 1.68 bits per heavy atom. The minimum Gasteiger partial charge on any atom is -0.497 e. The smallest absolute Gasteiger partial charge is 0.342 e. The van der Waals surface area contributed by atoms with E-state index >= 15 is 0 Å². The maximum atomic E-state index is 13.5. The first-order chi connectivity index (χ1) is 13.6. The number of fused-ring (bicyclic) bond motifs is 1. The molecule has 0 aromatic heterocycles. The minimum atomic E-state index is -0.882. The van der Waals surface area contributed by atoms with E-state index in [1.54, 1.807) is 73.8 Å². The van der Waals surface area contributed by atoms with Crippen molar-refractivity contribution in [2.24, 2.45) is 0 Å². The van der Waals surface area contributed by atoms with Crippen LogP contribution in [0.3, 0.4) is 0 Å². The van der Waals surface area contributed by atoms with Gasteiger partial charge in [0.1, 0.15) is 5.75 Å². The predicted octanol–water partition coefficient (Wildman–Crippen LogP) is 4.97. The molecule has 0 saturated heterocycles. The maximum absolute atomic E-state index is 13.5. The molecule has 0 N–H and O–H groups in total. The number of methoxy groups -OCH3 is 1. The highest BCUT2D eigenvalue weighted by molar-refractivity contribution is 9.10. The lowest BCUT2D eigenvalue weighted by Crippen LogP contribution is -2.41. The number of anilines is 1. The number of para-hydroxylation sites is 1. The molecule has 1 heterocycles. The first-order valence-electron chi connectivity index (χ1n) is 8.62. The molecule has 0 fully saturated rings. The average Bonchev–Trinajstić information content (AvgIpc) is 2.74. The number of benzene rings is 3. The number of amides is 1. The van der Waals surface area contributed by atoms with Gasteiger partial charge in [-0.1, -0.05) is 24.3 Å². The topological polar surface area (TPSA) is 55.8 Å². The highest BCUT2D eigenvalue weighted by Crippen LogP contribution is 2.38. The molecule has 5 nitrogen and oxygen atoms in total. The molecule has 1 atom stereocenters. The second-order valence-corrected chi connectivity index (χ2v) is 7.06. The standard InChI is InChI=1S/C22H16BrNO4/c1-27-15-12-10-14(11-13-15)21-24(20(25)16-6-2-4-8-18(16)23)19-9-5-3-7-17(19)22(26)28-21/h2-13,21H,1H3. The molecule has 1 amide bonds. The van der Waals surface area contributed by atoms with Crippen LogP contribution in [0.2, 0.25) is 0 Å². The quantitative estimate of drug-likeness (QED) is 0.542. The van der Waals surface area contributed by atoms with E-state index in [4.69, 9.17) is 9.47 Å². The molecule has 6 heteroatoms. The molecular formula is C22H16BrNO4. The Balaban J connectivity index is 1.85. The molecule has 3 aromatic carbocycles. The van der Waals surface area contributed by atoms with Crippen LogP contribution in [0.15, 0.2) is 77.3 Å². The van der Waals surface area contributed by atoms with Crippen LogP contribution < -0.4 is 9.64 Å². The van der Waals surface area contributed by atoms with Gasteiger partial charge in [0.05, 0.1) is 23.9 Å². The normalized spacial score (nSPS) is 15.6. The molecule has 0 spiro atoms. The molecule has 1 aliphatic heterocycles. The summed E-state index contributed by atoms with van der Waals surface area (Å²) in [6, 6.07) is 21.2. The number of nitrogens with zero attached hydrogens (tertiary/aromatic N) is 1. The van der Waals surface area contributed by atoms with Crippen LogP contribution in [0.25, 0.3) is 0 Å². The van der Waals surface area contributed by atoms with Crippen molar-refractivity contribution in [2.75, 3.05) is 12.0 Å². The third kappa shape index (κ3) is 3.16. The number of rotatable bonds is 3. The maximum Gasteiger partial charge on any atom is 0.342 e. The van der Waals surface area contributed by atoms with Gasteiger partial charge in [-0.05, 0) is 64.5 Å². The van der Waals surface area contributed by atoms with Gasteiger partial charge in [0, 0.05) is 10.0 Å². The summed E-state index contributed by atoms with van der Waals surface area (Å²) in [5.74, 6) is -0.0594. The van der Waals surface area contributed by atoms with E-state index in [1.807, 2.05) is 6.07 Å². The van der Waals surface area contributed by atoms with Crippen molar-refractivity contribution in [1.82, 2.24) is 0 Å². The van der Waals surface area contributed by atoms with Gasteiger partial charge < -0.3 is 9.47 Å². The molecule has 28 heavy (non-hydrogen) atoms. The van der Waals surface area contributed by atoms with Crippen LogP contribution in [0.5, 0.6) is 5.75 Å². The summed E-state index contributed by atoms with van der Waals surface area (Å²) >= 11 is 3.44. The number of hydrogen-bond donors (Lipinski definition) is 0. The van der Waals surface area contributed by atoms with Gasteiger partial charge in [0.2, 0.25) is 6.23 Å². The van der Waals surface area contributed by atoms with Crippen molar-refractivity contribution >= 4 is 33.5 Å². The third-order valence-corrected chi connectivity index (χ3v) is 5.25. The lowest BCUT2D eigenvalue weighted by molar-refractivity contribution is 0.0249. The van der Waals surface area contributed by atoms with E-state index in [9.17, 15) is 9.59 Å². The summed E-state index contributed by atoms with van der Waals surface area (Å²) in [4.78, 5) is 27.6. The predicted molar refractivity (Wildman–Crippen MR) is 109 cm³/mol. The van der Waals surface area contributed by atoms with Crippen molar-refractivity contribution in [2.45, 2.75) is 6.23 Å². The monoisotopic (exact) mass is 437 g/mol. The molecule has 1 aliphatic rings. The minimum absolute atomic E-state index is 0.270. The lowest BCUT2D eigenvalue weighted by Gasteiger charge is -2.36. The van der Waals surface area contributed by atoms with Gasteiger partial charge in [-0.15, -0.1) is 0 Å². The zero-order valence-corrected chi connectivity index (χ0v) is 16.5. The summed E-state index contributed by atoms with van der Waals surface area (Å²) in [6.07, 6.45) is -0.882. The van der Waals surface area contributed by atoms with Gasteiger partial charge in [-0.25, -0.2) is 4.79 Å². The highest BCUT2D eigenvalue weighted by Gasteiger charge is 2.38. The van der Waals surface area contributed by atoms with Gasteiger partial charge in [0.25, 0.3) is 5.91 Å². The Bertz CT molecular complexity index is 1050. The third-order valence-electron chi connectivity index (χ3n) is 4.56. The summed E-state index contributed by atoms with van der Waals surface area (Å²) < 4.78 is 11.5. The zero-order valence-electron chi connectivity index (χ0n) is 15.0. The molecule has 0 aliphatic carbocycles. The molecule has 1 unspecified atom stereocenters. The number of hydrogen-bond acceptors (Lipinski definition) is 4. The van der Waals surface area contributed by atoms with Crippen LogP contribution in [-0.2, 0) is 4.74 Å². The number of carbonyl (C=O) groups is 2. The number of cyclic esters (lactones) is 1. The average molecular weight is 438 g/mol. The van der Waals surface area contributed by atoms with Crippen molar-refractivity contribution in [3.8, 4) is 5.75 Å². The summed E-state index contributed by atoms with van der Waals surface area (Å²) in [7, 11) is 1.58. The van der Waals surface area contributed by atoms with Gasteiger partial charge >= 0.3 is 5.97 Å². The number of esters is 1. The van der Waals surface area contributed by atoms with Crippen molar-refractivity contribution < 1.29 is 19.1 Å². The molecule has 4 rings (SSSR count). The summed E-state index contributed by atoms with van der Waals surface area (Å²) in [6.45, 7) is 0. The Hall–Kier alpha value is -3.12. The van der Waals surface area contributed by atoms with Gasteiger partial charge in [-0.3, -0.25) is 9.69 Å². The number of halogens is 1. The Labute approximate surface area is 170 Å². The van der Waals surface area contributed by atoms with Crippen molar-refractivity contribution in [3.05, 3.63) is 94.0 Å². The van der Waals surface area contributed by atoms with Gasteiger partial charge in [0.15, 0.2) is 0 Å². The van der Waals surface area contributed by atoms with Crippen LogP contribution in [0, 0.1) is 0 Å². The molecule has 0 saturated carbocycles. The Morgan fingerprint density at radius 3 is 2.39 bits per heavy atom. The van der Waals surface area contributed by atoms with Crippen LogP contribution in [-0.4, -0.2) is 19.0 Å². The van der Waals surface area contributed by atoms with E-state index in [2.05, 4.69) is 15.9 Å². The van der Waals surface area contributed by atoms with E-state index in [0.717, 1.165) is 0 Å². The molecule has 0 radical (unpaired) electrons. The first-order valence-corrected chi connectivity index (χ1v) is 9.41. The SMILES string of the molecule is COc1ccc(C2OC(=O)c3ccccc3N2C(=O)c2ccccc2Br)cc1. The van der Waals surface area contributed by atoms with Crippen molar-refractivity contribution in [1.29, 1.82) is 0 Å². The van der Waals surface area contributed by atoms with Crippen LogP contribution >= 0.6 is 15.9 Å². The number of carbonyl (C=O) groups excluding carboxylic acids is 2. The zero-order chi connectivity index (χ0) is 19.7. The number of ether oxygens (including phenoxy) is 2. The summed E-state index contributed by atoms with van der Waals surface area (Å²) in [5, 5.41) is 0. The molecular weight excluding hydrogens is 422 g/mol. The first kappa shape index (κ1) is 18.3. The fourth-order valence-corrected chi connectivity index (χ4v) is 3.62. The fourth-order valence-electron chi connectivity index (χ4n) is 3.17. The second-order valence-electron chi connectivity index (χ2n) is 6.20. The molecule has 3 aromatic rings. The van der Waals surface area contributed by atoms with Crippen LogP contribution in [0.4, 0.5) is 5.69 Å². The second kappa shape index (κ2) is 7.48. The van der Waals surface area contributed by atoms with E-state index in [0.29, 0.717) is 32.6 Å². The van der Waals surface area contributed by atoms with Gasteiger partial charge in [-0.2, -0.15) is 0 Å². The van der Waals surface area contributed by atoms with Crippen LogP contribution in [0.1, 0.15) is 32.5 Å². The fraction of sp³-hybridized carbons (Fsp3) is 0.0909. The van der Waals surface area contributed by atoms with E-state index in [-0.39, 0.29) is 5.91 Å². The lowest BCUT2D eigenvalue weighted by atomic mass is 10.0. The molecule has 0 bridgehead atoms. The van der Waals surface area contributed by atoms with Crippen molar-refractivity contribution in [3.63, 3.8) is 0 Å². The summed E-state index contributed by atoms with van der Waals surface area (Å²) in [5.41, 5.74) is 2.02. The highest BCUT2D eigenvalue weighted by atomic mass is 79.9.